The molecule has 0 aromatic heterocycles. The lowest BCUT2D eigenvalue weighted by molar-refractivity contribution is -0.274. The first-order valence-corrected chi connectivity index (χ1v) is 4.52. The molecule has 0 amide bonds. The molecule has 0 N–H and O–H groups in total. The smallest absolute Gasteiger partial charge is 0.494 e. The third-order valence-corrected chi connectivity index (χ3v) is 1.68. The number of rotatable bonds is 4. The van der Waals surface area contributed by atoms with Gasteiger partial charge in [-0.25, -0.2) is 0 Å². The molecule has 1 aromatic carbocycles. The van der Waals surface area contributed by atoms with Crippen molar-refractivity contribution in [1.29, 1.82) is 0 Å². The Kier molecular flexibility index (Phi) is 3.82. The van der Waals surface area contributed by atoms with E-state index in [9.17, 15) is 13.2 Å². The van der Waals surface area contributed by atoms with Gasteiger partial charge >= 0.3 is 6.36 Å². The van der Waals surface area contributed by atoms with Gasteiger partial charge in [-0.1, -0.05) is 6.58 Å². The lowest BCUT2D eigenvalue weighted by Gasteiger charge is -2.12. The molecule has 0 heterocycles. The van der Waals surface area contributed by atoms with E-state index in [0.717, 1.165) is 0 Å². The minimum atomic E-state index is -4.72. The molecule has 1 aromatic rings. The second-order valence-corrected chi connectivity index (χ2v) is 2.82. The van der Waals surface area contributed by atoms with Crippen molar-refractivity contribution in [2.24, 2.45) is 0 Å². The summed E-state index contributed by atoms with van der Waals surface area (Å²) in [5.41, 5.74) is 0.114. The lowest BCUT2D eigenvalue weighted by Crippen LogP contribution is -2.17. The normalized spacial score (nSPS) is 11.0. The zero-order valence-electron chi connectivity index (χ0n) is 8.60. The maximum Gasteiger partial charge on any atom is 0.573 e. The molecule has 87 valence electrons. The van der Waals surface area contributed by atoms with Crippen LogP contribution in [0.15, 0.2) is 24.8 Å². The maximum atomic E-state index is 12.0. The first kappa shape index (κ1) is 12.4. The van der Waals surface area contributed by atoms with Gasteiger partial charge < -0.3 is 9.47 Å². The molecule has 0 unspecified atom stereocenters. The van der Waals surface area contributed by atoms with Gasteiger partial charge in [-0.15, -0.1) is 13.2 Å². The minimum absolute atomic E-state index is 0.114. The molecule has 0 aliphatic heterocycles. The van der Waals surface area contributed by atoms with Gasteiger partial charge in [0.1, 0.15) is 11.5 Å². The predicted molar refractivity (Wildman–Crippen MR) is 52.3 cm³/mol. The fourth-order valence-corrected chi connectivity index (χ4v) is 1.12. The summed E-state index contributed by atoms with van der Waals surface area (Å²) in [6.07, 6.45) is -2.36. The zero-order chi connectivity index (χ0) is 12.2. The Hall–Kier alpha value is -1.65. The van der Waals surface area contributed by atoms with E-state index in [0.29, 0.717) is 12.4 Å². The van der Waals surface area contributed by atoms with Crippen molar-refractivity contribution in [3.05, 3.63) is 36.4 Å². The molecule has 0 spiro atoms. The van der Waals surface area contributed by atoms with Crippen LogP contribution in [0.2, 0.25) is 0 Å². The fraction of sp³-hybridized carbons (Fsp3) is 0.273. The van der Waals surface area contributed by atoms with Crippen LogP contribution >= 0.6 is 0 Å². The fourth-order valence-electron chi connectivity index (χ4n) is 1.12. The first-order valence-electron chi connectivity index (χ1n) is 4.52. The van der Waals surface area contributed by atoms with E-state index < -0.39 is 6.36 Å². The molecule has 0 aliphatic carbocycles. The summed E-state index contributed by atoms with van der Waals surface area (Å²) < 4.78 is 44.9. The van der Waals surface area contributed by atoms with E-state index in [2.05, 4.69) is 17.4 Å². The van der Waals surface area contributed by atoms with Crippen molar-refractivity contribution in [2.75, 3.05) is 6.61 Å². The van der Waals surface area contributed by atoms with Gasteiger partial charge in [-0.3, -0.25) is 0 Å². The summed E-state index contributed by atoms with van der Waals surface area (Å²) in [5, 5.41) is 0. The van der Waals surface area contributed by atoms with Crippen molar-refractivity contribution in [3.8, 4) is 11.5 Å². The third-order valence-electron chi connectivity index (χ3n) is 1.68. The van der Waals surface area contributed by atoms with E-state index in [1.54, 1.807) is 6.92 Å². The Bertz CT molecular complexity index is 372. The molecule has 0 atom stereocenters. The summed E-state index contributed by atoms with van der Waals surface area (Å²) in [7, 11) is 0. The van der Waals surface area contributed by atoms with Crippen molar-refractivity contribution in [2.45, 2.75) is 13.3 Å². The molecule has 0 saturated heterocycles. The minimum Gasteiger partial charge on any atom is -0.494 e. The van der Waals surface area contributed by atoms with E-state index in [4.69, 9.17) is 4.74 Å². The van der Waals surface area contributed by atoms with Crippen LogP contribution in [0.25, 0.3) is 0 Å². The Morgan fingerprint density at radius 2 is 2.06 bits per heavy atom. The van der Waals surface area contributed by atoms with Crippen LogP contribution in [0.4, 0.5) is 13.2 Å². The van der Waals surface area contributed by atoms with Crippen LogP contribution in [0, 0.1) is 6.08 Å². The summed E-state index contributed by atoms with van der Waals surface area (Å²) in [5.74, 6) is 0.106. The van der Waals surface area contributed by atoms with E-state index in [-0.39, 0.29) is 11.3 Å². The molecule has 1 rings (SSSR count). The molecule has 0 saturated carbocycles. The van der Waals surface area contributed by atoms with Gasteiger partial charge in [-0.2, -0.15) is 0 Å². The summed E-state index contributed by atoms with van der Waals surface area (Å²) in [4.78, 5) is 0. The molecule has 0 bridgehead atoms. The summed E-state index contributed by atoms with van der Waals surface area (Å²) in [6, 6.07) is 3.95. The third kappa shape index (κ3) is 3.49. The van der Waals surface area contributed by atoms with Crippen LogP contribution in [0.5, 0.6) is 11.5 Å². The zero-order valence-corrected chi connectivity index (χ0v) is 8.60. The molecule has 2 nitrogen and oxygen atoms in total. The average Bonchev–Trinajstić information content (AvgIpc) is 2.18. The van der Waals surface area contributed by atoms with Crippen molar-refractivity contribution in [3.63, 3.8) is 0 Å². The first-order chi connectivity index (χ1) is 7.46. The number of hydrogen-bond donors (Lipinski definition) is 0. The number of ether oxygens (including phenoxy) is 2. The number of halogens is 3. The van der Waals surface area contributed by atoms with Crippen molar-refractivity contribution < 1.29 is 22.6 Å². The van der Waals surface area contributed by atoms with Crippen LogP contribution in [0.1, 0.15) is 12.5 Å². The van der Waals surface area contributed by atoms with Gasteiger partial charge in [0, 0.05) is 5.56 Å². The second-order valence-electron chi connectivity index (χ2n) is 2.82. The van der Waals surface area contributed by atoms with Gasteiger partial charge in [0.05, 0.1) is 6.61 Å². The van der Waals surface area contributed by atoms with Crippen LogP contribution < -0.4 is 9.47 Å². The van der Waals surface area contributed by atoms with Gasteiger partial charge in [0.15, 0.2) is 0 Å². The highest BCUT2D eigenvalue weighted by molar-refractivity contribution is 5.43. The molecule has 16 heavy (non-hydrogen) atoms. The largest absolute Gasteiger partial charge is 0.573 e. The summed E-state index contributed by atoms with van der Waals surface area (Å²) >= 11 is 0. The van der Waals surface area contributed by atoms with Crippen molar-refractivity contribution in [1.82, 2.24) is 0 Å². The quantitative estimate of drug-likeness (QED) is 0.791. The number of alkyl halides is 3. The summed E-state index contributed by atoms with van der Waals surface area (Å²) in [6.45, 7) is 5.50. The van der Waals surface area contributed by atoms with Gasteiger partial charge in [0.25, 0.3) is 0 Å². The molecular weight excluding hydrogens is 221 g/mol. The standard InChI is InChI=1S/C11H10F3O2/c1-3-8-7-9(15-4-2)5-6-10(8)16-11(12,13)14/h5-7H,1,4H2,2H3. The molecular formula is C11H10F3O2. The maximum absolute atomic E-state index is 12.0. The molecule has 5 heteroatoms. The lowest BCUT2D eigenvalue weighted by atomic mass is 10.2. The van der Waals surface area contributed by atoms with Crippen LogP contribution in [-0.4, -0.2) is 13.0 Å². The highest BCUT2D eigenvalue weighted by atomic mass is 19.4. The van der Waals surface area contributed by atoms with Gasteiger partial charge in [0.2, 0.25) is 0 Å². The van der Waals surface area contributed by atoms with Crippen LogP contribution in [0.3, 0.4) is 0 Å². The highest BCUT2D eigenvalue weighted by Crippen LogP contribution is 2.29. The Morgan fingerprint density at radius 1 is 1.38 bits per heavy atom. The monoisotopic (exact) mass is 231 g/mol. The van der Waals surface area contributed by atoms with Crippen molar-refractivity contribution >= 4 is 0 Å². The topological polar surface area (TPSA) is 18.5 Å². The Labute approximate surface area is 91.3 Å². The Balaban J connectivity index is 2.97. The van der Waals surface area contributed by atoms with Crippen LogP contribution in [-0.2, 0) is 0 Å². The SMILES string of the molecule is C=[C]c1cc(OCC)ccc1OC(F)(F)F. The molecule has 1 radical (unpaired) electrons. The van der Waals surface area contributed by atoms with Gasteiger partial charge in [-0.05, 0) is 31.2 Å². The van der Waals surface area contributed by atoms with E-state index in [1.165, 1.54) is 18.2 Å². The van der Waals surface area contributed by atoms with E-state index in [1.807, 2.05) is 0 Å². The second kappa shape index (κ2) is 4.92. The van der Waals surface area contributed by atoms with E-state index >= 15 is 0 Å². The number of hydrogen-bond acceptors (Lipinski definition) is 2. The predicted octanol–water partition coefficient (Wildman–Crippen LogP) is 3.32. The Morgan fingerprint density at radius 3 is 2.56 bits per heavy atom. The number of benzene rings is 1. The highest BCUT2D eigenvalue weighted by Gasteiger charge is 2.31. The molecule has 0 aliphatic rings. The molecule has 0 fully saturated rings. The average molecular weight is 231 g/mol.